The van der Waals surface area contributed by atoms with Crippen molar-refractivity contribution in [1.82, 2.24) is 10.1 Å². The van der Waals surface area contributed by atoms with Gasteiger partial charge in [0.05, 0.1) is 0 Å². The van der Waals surface area contributed by atoms with Crippen molar-refractivity contribution in [3.8, 4) is 5.75 Å². The van der Waals surface area contributed by atoms with E-state index in [1.807, 2.05) is 12.1 Å². The summed E-state index contributed by atoms with van der Waals surface area (Å²) in [4.78, 5) is 16.0. The van der Waals surface area contributed by atoms with Gasteiger partial charge in [-0.25, -0.2) is 4.79 Å². The highest BCUT2D eigenvalue weighted by Crippen LogP contribution is 2.38. The number of hydrogen-bond donors (Lipinski definition) is 0. The molecule has 4 rings (SSSR count). The van der Waals surface area contributed by atoms with E-state index in [0.29, 0.717) is 29.0 Å². The van der Waals surface area contributed by atoms with Crippen LogP contribution in [0.2, 0.25) is 0 Å². The van der Waals surface area contributed by atoms with E-state index in [1.54, 1.807) is 12.1 Å². The summed E-state index contributed by atoms with van der Waals surface area (Å²) in [5, 5.41) is 4.87. The second kappa shape index (κ2) is 6.11. The Bertz CT molecular complexity index is 924. The fourth-order valence-electron chi connectivity index (χ4n) is 2.75. The minimum absolute atomic E-state index is 0.223. The van der Waals surface area contributed by atoms with Crippen LogP contribution in [-0.2, 0) is 13.0 Å². The van der Waals surface area contributed by atoms with Crippen LogP contribution in [0.1, 0.15) is 49.4 Å². The highest BCUT2D eigenvalue weighted by Gasteiger charge is 2.29. The van der Waals surface area contributed by atoms with E-state index >= 15 is 0 Å². The van der Waals surface area contributed by atoms with E-state index in [1.165, 1.54) is 0 Å². The van der Waals surface area contributed by atoms with Crippen LogP contribution in [-0.4, -0.2) is 10.1 Å². The van der Waals surface area contributed by atoms with Crippen molar-refractivity contribution in [2.75, 3.05) is 0 Å². The molecule has 2 aromatic heterocycles. The predicted molar refractivity (Wildman–Crippen MR) is 87.1 cm³/mol. The molecule has 0 spiro atoms. The van der Waals surface area contributed by atoms with Crippen LogP contribution >= 0.6 is 0 Å². The van der Waals surface area contributed by atoms with Crippen LogP contribution in [0.25, 0.3) is 11.0 Å². The summed E-state index contributed by atoms with van der Waals surface area (Å²) in [7, 11) is 0. The molecule has 0 N–H and O–H groups in total. The third-order valence-electron chi connectivity index (χ3n) is 4.10. The van der Waals surface area contributed by atoms with Crippen molar-refractivity contribution in [3.63, 3.8) is 0 Å². The molecule has 3 aromatic rings. The van der Waals surface area contributed by atoms with E-state index in [4.69, 9.17) is 13.7 Å². The Labute approximate surface area is 138 Å². The van der Waals surface area contributed by atoms with Crippen molar-refractivity contribution in [3.05, 3.63) is 52.0 Å². The highest BCUT2D eigenvalue weighted by atomic mass is 16.5. The standard InChI is InChI=1S/C18H18N2O4/c1-2-3-12-8-17(21)23-15-9-13(6-7-14(12)15)22-10-16-19-18(24-20-16)11-4-5-11/h6-9,11H,2-5,10H2,1H3. The summed E-state index contributed by atoms with van der Waals surface area (Å²) in [6, 6.07) is 7.08. The molecule has 6 nitrogen and oxygen atoms in total. The van der Waals surface area contributed by atoms with E-state index in [-0.39, 0.29) is 12.2 Å². The molecule has 124 valence electrons. The lowest BCUT2D eigenvalue weighted by atomic mass is 10.1. The molecule has 0 saturated heterocycles. The molecule has 1 aliphatic rings. The second-order valence-corrected chi connectivity index (χ2v) is 6.11. The molecule has 0 radical (unpaired) electrons. The van der Waals surface area contributed by atoms with Crippen LogP contribution in [0.3, 0.4) is 0 Å². The molecule has 2 heterocycles. The monoisotopic (exact) mass is 326 g/mol. The molecule has 1 fully saturated rings. The lowest BCUT2D eigenvalue weighted by Gasteiger charge is -2.07. The summed E-state index contributed by atoms with van der Waals surface area (Å²) in [6.45, 7) is 2.30. The normalized spacial score (nSPS) is 14.2. The molecule has 24 heavy (non-hydrogen) atoms. The first kappa shape index (κ1) is 14.9. The molecule has 0 amide bonds. The Hall–Kier alpha value is -2.63. The Morgan fingerprint density at radius 3 is 2.96 bits per heavy atom. The number of aryl methyl sites for hydroxylation is 1. The van der Waals surface area contributed by atoms with Crippen molar-refractivity contribution in [2.45, 2.75) is 45.1 Å². The Morgan fingerprint density at radius 2 is 2.17 bits per heavy atom. The number of aromatic nitrogens is 2. The van der Waals surface area contributed by atoms with Gasteiger partial charge in [-0.3, -0.25) is 0 Å². The van der Waals surface area contributed by atoms with Gasteiger partial charge < -0.3 is 13.7 Å². The van der Waals surface area contributed by atoms with Gasteiger partial charge in [0.2, 0.25) is 11.7 Å². The third kappa shape index (κ3) is 3.04. The Morgan fingerprint density at radius 1 is 1.29 bits per heavy atom. The molecule has 0 bridgehead atoms. The van der Waals surface area contributed by atoms with E-state index in [2.05, 4.69) is 17.1 Å². The summed E-state index contributed by atoms with van der Waals surface area (Å²) in [5.74, 6) is 2.26. The number of fused-ring (bicyclic) bond motifs is 1. The summed E-state index contributed by atoms with van der Waals surface area (Å²) >= 11 is 0. The zero-order chi connectivity index (χ0) is 16.5. The summed E-state index contributed by atoms with van der Waals surface area (Å²) in [5.41, 5.74) is 1.20. The topological polar surface area (TPSA) is 78.4 Å². The van der Waals surface area contributed by atoms with Gasteiger partial charge in [-0.05, 0) is 37.0 Å². The second-order valence-electron chi connectivity index (χ2n) is 6.11. The van der Waals surface area contributed by atoms with Crippen LogP contribution < -0.4 is 10.4 Å². The maximum Gasteiger partial charge on any atom is 0.336 e. The zero-order valence-corrected chi connectivity index (χ0v) is 13.4. The number of nitrogens with zero attached hydrogens (tertiary/aromatic N) is 2. The van der Waals surface area contributed by atoms with Crippen LogP contribution in [0.4, 0.5) is 0 Å². The van der Waals surface area contributed by atoms with Crippen molar-refractivity contribution in [2.24, 2.45) is 0 Å². The summed E-state index contributed by atoms with van der Waals surface area (Å²) < 4.78 is 16.2. The predicted octanol–water partition coefficient (Wildman–Crippen LogP) is 3.58. The first-order valence-electron chi connectivity index (χ1n) is 8.25. The Balaban J connectivity index is 1.54. The fraction of sp³-hybridized carbons (Fsp3) is 0.389. The number of ether oxygens (including phenoxy) is 1. The Kier molecular flexibility index (Phi) is 3.80. The quantitative estimate of drug-likeness (QED) is 0.644. The van der Waals surface area contributed by atoms with Crippen molar-refractivity contribution < 1.29 is 13.7 Å². The molecule has 1 aliphatic carbocycles. The average Bonchev–Trinajstić information content (AvgIpc) is 3.31. The van der Waals surface area contributed by atoms with E-state index < -0.39 is 0 Å². The van der Waals surface area contributed by atoms with Crippen LogP contribution in [0, 0.1) is 0 Å². The van der Waals surface area contributed by atoms with Gasteiger partial charge in [0.1, 0.15) is 11.3 Å². The number of benzene rings is 1. The third-order valence-corrected chi connectivity index (χ3v) is 4.10. The van der Waals surface area contributed by atoms with Crippen molar-refractivity contribution in [1.29, 1.82) is 0 Å². The fourth-order valence-corrected chi connectivity index (χ4v) is 2.75. The zero-order valence-electron chi connectivity index (χ0n) is 13.4. The molecule has 0 aliphatic heterocycles. The van der Waals surface area contributed by atoms with Crippen LogP contribution in [0.5, 0.6) is 5.75 Å². The van der Waals surface area contributed by atoms with Gasteiger partial charge in [-0.15, -0.1) is 0 Å². The first-order valence-corrected chi connectivity index (χ1v) is 8.25. The first-order chi connectivity index (χ1) is 11.7. The maximum absolute atomic E-state index is 11.7. The maximum atomic E-state index is 11.7. The molecule has 0 atom stereocenters. The lowest BCUT2D eigenvalue weighted by molar-refractivity contribution is 0.285. The van der Waals surface area contributed by atoms with Gasteiger partial charge in [-0.1, -0.05) is 18.5 Å². The molecular weight excluding hydrogens is 308 g/mol. The smallest absolute Gasteiger partial charge is 0.336 e. The molecular formula is C18H18N2O4. The number of rotatable bonds is 6. The van der Waals surface area contributed by atoms with Gasteiger partial charge in [-0.2, -0.15) is 4.98 Å². The minimum atomic E-state index is -0.338. The minimum Gasteiger partial charge on any atom is -0.485 e. The van der Waals surface area contributed by atoms with E-state index in [0.717, 1.165) is 36.6 Å². The SMILES string of the molecule is CCCc1cc(=O)oc2cc(OCc3noc(C4CC4)n3)ccc12. The molecule has 6 heteroatoms. The van der Waals surface area contributed by atoms with Crippen LogP contribution in [0.15, 0.2) is 38.0 Å². The van der Waals surface area contributed by atoms with Gasteiger partial charge >= 0.3 is 5.63 Å². The largest absolute Gasteiger partial charge is 0.485 e. The van der Waals surface area contributed by atoms with Gasteiger partial charge in [0.15, 0.2) is 6.61 Å². The molecule has 0 unspecified atom stereocenters. The molecule has 1 aromatic carbocycles. The number of hydrogen-bond acceptors (Lipinski definition) is 6. The average molecular weight is 326 g/mol. The molecule has 1 saturated carbocycles. The van der Waals surface area contributed by atoms with Gasteiger partial charge in [0.25, 0.3) is 0 Å². The lowest BCUT2D eigenvalue weighted by Crippen LogP contribution is -2.01. The van der Waals surface area contributed by atoms with Crippen molar-refractivity contribution >= 4 is 11.0 Å². The highest BCUT2D eigenvalue weighted by molar-refractivity contribution is 5.81. The van der Waals surface area contributed by atoms with Gasteiger partial charge in [0, 0.05) is 23.4 Å². The van der Waals surface area contributed by atoms with E-state index in [9.17, 15) is 4.79 Å². The summed E-state index contributed by atoms with van der Waals surface area (Å²) in [6.07, 6.45) is 4.05.